The van der Waals surface area contributed by atoms with Gasteiger partial charge in [-0.1, -0.05) is 40.2 Å². The first-order chi connectivity index (χ1) is 10.2. The Kier molecular flexibility index (Phi) is 4.36. The van der Waals surface area contributed by atoms with Gasteiger partial charge in [-0.05, 0) is 48.2 Å². The molecule has 1 heterocycles. The zero-order chi connectivity index (χ0) is 14.8. The highest BCUT2D eigenvalue weighted by molar-refractivity contribution is 9.10. The normalized spacial score (nSPS) is 22.2. The zero-order valence-corrected chi connectivity index (χ0v) is 13.0. The van der Waals surface area contributed by atoms with Crippen LogP contribution in [0.3, 0.4) is 0 Å². The number of piperidine rings is 1. The van der Waals surface area contributed by atoms with E-state index in [1.54, 1.807) is 12.1 Å². The summed E-state index contributed by atoms with van der Waals surface area (Å²) in [6.45, 7) is 1.49. The number of halogens is 3. The first-order valence-corrected chi connectivity index (χ1v) is 7.86. The number of hydrogen-bond acceptors (Lipinski definition) is 1. The van der Waals surface area contributed by atoms with E-state index in [0.29, 0.717) is 17.7 Å². The molecule has 0 saturated carbocycles. The van der Waals surface area contributed by atoms with Crippen LogP contribution in [0.4, 0.5) is 8.78 Å². The van der Waals surface area contributed by atoms with E-state index >= 15 is 0 Å². The molecule has 110 valence electrons. The van der Waals surface area contributed by atoms with Gasteiger partial charge in [0.1, 0.15) is 11.6 Å². The molecule has 2 aromatic carbocycles. The highest BCUT2D eigenvalue weighted by Crippen LogP contribution is 2.39. The highest BCUT2D eigenvalue weighted by atomic mass is 79.9. The van der Waals surface area contributed by atoms with Crippen molar-refractivity contribution in [3.63, 3.8) is 0 Å². The second kappa shape index (κ2) is 6.24. The van der Waals surface area contributed by atoms with Gasteiger partial charge >= 0.3 is 0 Å². The first-order valence-electron chi connectivity index (χ1n) is 7.07. The van der Waals surface area contributed by atoms with Crippen LogP contribution < -0.4 is 5.32 Å². The quantitative estimate of drug-likeness (QED) is 0.834. The molecule has 1 nitrogen and oxygen atoms in total. The van der Waals surface area contributed by atoms with E-state index in [0.717, 1.165) is 17.4 Å². The Morgan fingerprint density at radius 2 is 1.71 bits per heavy atom. The molecule has 1 saturated heterocycles. The van der Waals surface area contributed by atoms with E-state index in [-0.39, 0.29) is 23.5 Å². The van der Waals surface area contributed by atoms with E-state index in [1.165, 1.54) is 12.1 Å². The standard InChI is InChI=1S/C17H16BrF2N/c18-11-5-6-14(17(20)9-11)12-7-8-21-10-15(12)13-3-1-2-4-16(13)19/h1-6,9,12,15,21H,7-8,10H2. The van der Waals surface area contributed by atoms with Crippen LogP contribution in [0.5, 0.6) is 0 Å². The third-order valence-electron chi connectivity index (χ3n) is 4.15. The number of benzene rings is 2. The van der Waals surface area contributed by atoms with Gasteiger partial charge in [0.15, 0.2) is 0 Å². The van der Waals surface area contributed by atoms with Crippen LogP contribution in [0.25, 0.3) is 0 Å². The van der Waals surface area contributed by atoms with E-state index < -0.39 is 0 Å². The molecule has 2 aromatic rings. The molecular weight excluding hydrogens is 336 g/mol. The molecule has 0 aliphatic carbocycles. The molecule has 1 N–H and O–H groups in total. The maximum Gasteiger partial charge on any atom is 0.127 e. The van der Waals surface area contributed by atoms with Crippen LogP contribution >= 0.6 is 15.9 Å². The molecule has 1 fully saturated rings. The summed E-state index contributed by atoms with van der Waals surface area (Å²) in [7, 11) is 0. The monoisotopic (exact) mass is 351 g/mol. The third kappa shape index (κ3) is 3.01. The molecule has 0 bridgehead atoms. The molecule has 2 atom stereocenters. The van der Waals surface area contributed by atoms with Crippen molar-refractivity contribution in [1.29, 1.82) is 0 Å². The van der Waals surface area contributed by atoms with Crippen molar-refractivity contribution in [3.8, 4) is 0 Å². The van der Waals surface area contributed by atoms with E-state index in [9.17, 15) is 8.78 Å². The Labute approximate surface area is 131 Å². The fraction of sp³-hybridized carbons (Fsp3) is 0.294. The van der Waals surface area contributed by atoms with Crippen molar-refractivity contribution in [1.82, 2.24) is 5.32 Å². The molecular formula is C17H16BrF2N. The van der Waals surface area contributed by atoms with Crippen LogP contribution in [0, 0.1) is 11.6 Å². The Morgan fingerprint density at radius 3 is 2.48 bits per heavy atom. The summed E-state index contributed by atoms with van der Waals surface area (Å²) in [5.74, 6) is -0.488. The van der Waals surface area contributed by atoms with Crippen LogP contribution in [0.15, 0.2) is 46.9 Å². The number of nitrogens with one attached hydrogen (secondary N) is 1. The Balaban J connectivity index is 2.00. The van der Waals surface area contributed by atoms with Crippen molar-refractivity contribution < 1.29 is 8.78 Å². The van der Waals surface area contributed by atoms with Crippen LogP contribution in [0.1, 0.15) is 29.4 Å². The third-order valence-corrected chi connectivity index (χ3v) is 4.64. The highest BCUT2D eigenvalue weighted by Gasteiger charge is 2.31. The predicted octanol–water partition coefficient (Wildman–Crippen LogP) is 4.59. The Hall–Kier alpha value is -1.26. The lowest BCUT2D eigenvalue weighted by atomic mass is 9.77. The lowest BCUT2D eigenvalue weighted by Gasteiger charge is -2.33. The van der Waals surface area contributed by atoms with Gasteiger partial charge in [0.25, 0.3) is 0 Å². The molecule has 3 rings (SSSR count). The van der Waals surface area contributed by atoms with Crippen molar-refractivity contribution in [2.24, 2.45) is 0 Å². The van der Waals surface area contributed by atoms with Gasteiger partial charge in [-0.15, -0.1) is 0 Å². The maximum absolute atomic E-state index is 14.3. The molecule has 4 heteroatoms. The molecule has 21 heavy (non-hydrogen) atoms. The van der Waals surface area contributed by atoms with E-state index in [1.807, 2.05) is 18.2 Å². The molecule has 0 radical (unpaired) electrons. The zero-order valence-electron chi connectivity index (χ0n) is 11.5. The minimum Gasteiger partial charge on any atom is -0.316 e. The van der Waals surface area contributed by atoms with Gasteiger partial charge in [0, 0.05) is 16.9 Å². The topological polar surface area (TPSA) is 12.0 Å². The summed E-state index contributed by atoms with van der Waals surface area (Å²) in [5, 5.41) is 3.29. The van der Waals surface area contributed by atoms with Crippen LogP contribution in [-0.2, 0) is 0 Å². The molecule has 1 aliphatic heterocycles. The minimum atomic E-state index is -0.224. The predicted molar refractivity (Wildman–Crippen MR) is 83.5 cm³/mol. The summed E-state index contributed by atoms with van der Waals surface area (Å²) in [6.07, 6.45) is 0.803. The van der Waals surface area contributed by atoms with Crippen molar-refractivity contribution in [2.75, 3.05) is 13.1 Å². The minimum absolute atomic E-state index is 0.00347. The maximum atomic E-state index is 14.3. The first kappa shape index (κ1) is 14.7. The van der Waals surface area contributed by atoms with Gasteiger partial charge in [0.2, 0.25) is 0 Å². The van der Waals surface area contributed by atoms with Crippen molar-refractivity contribution in [2.45, 2.75) is 18.3 Å². The molecule has 0 amide bonds. The second-order valence-electron chi connectivity index (χ2n) is 5.39. The second-order valence-corrected chi connectivity index (χ2v) is 6.31. The molecule has 0 spiro atoms. The van der Waals surface area contributed by atoms with Gasteiger partial charge < -0.3 is 5.32 Å². The SMILES string of the molecule is Fc1cc(Br)ccc1C1CCNCC1c1ccccc1F. The Bertz CT molecular complexity index is 644. The van der Waals surface area contributed by atoms with Gasteiger partial charge in [-0.25, -0.2) is 8.78 Å². The summed E-state index contributed by atoms with van der Waals surface area (Å²) >= 11 is 3.28. The van der Waals surface area contributed by atoms with Crippen LogP contribution in [-0.4, -0.2) is 13.1 Å². The molecule has 1 aliphatic rings. The molecule has 2 unspecified atom stereocenters. The van der Waals surface area contributed by atoms with E-state index in [4.69, 9.17) is 0 Å². The average molecular weight is 352 g/mol. The van der Waals surface area contributed by atoms with Gasteiger partial charge in [0.05, 0.1) is 0 Å². The average Bonchev–Trinajstić information content (AvgIpc) is 2.48. The summed E-state index contributed by atoms with van der Waals surface area (Å²) in [4.78, 5) is 0. The van der Waals surface area contributed by atoms with Gasteiger partial charge in [-0.2, -0.15) is 0 Å². The lowest BCUT2D eigenvalue weighted by molar-refractivity contribution is 0.384. The number of hydrogen-bond donors (Lipinski definition) is 1. The fourth-order valence-electron chi connectivity index (χ4n) is 3.14. The molecule has 0 aromatic heterocycles. The fourth-order valence-corrected chi connectivity index (χ4v) is 3.47. The lowest BCUT2D eigenvalue weighted by Crippen LogP contribution is -2.34. The van der Waals surface area contributed by atoms with Crippen molar-refractivity contribution >= 4 is 15.9 Å². The smallest absolute Gasteiger partial charge is 0.127 e. The summed E-state index contributed by atoms with van der Waals surface area (Å²) < 4.78 is 29.1. The van der Waals surface area contributed by atoms with Crippen LogP contribution in [0.2, 0.25) is 0 Å². The summed E-state index contributed by atoms with van der Waals surface area (Å²) in [5.41, 5.74) is 1.34. The van der Waals surface area contributed by atoms with Gasteiger partial charge in [-0.3, -0.25) is 0 Å². The van der Waals surface area contributed by atoms with Crippen molar-refractivity contribution in [3.05, 3.63) is 69.7 Å². The van der Waals surface area contributed by atoms with E-state index in [2.05, 4.69) is 21.2 Å². The number of rotatable bonds is 2. The summed E-state index contributed by atoms with van der Waals surface area (Å²) in [6, 6.07) is 11.9. The largest absolute Gasteiger partial charge is 0.316 e. The Morgan fingerprint density at radius 1 is 0.952 bits per heavy atom.